The molecule has 0 spiro atoms. The smallest absolute Gasteiger partial charge is 0.264 e. The zero-order chi connectivity index (χ0) is 26.5. The molecule has 0 bridgehead atoms. The van der Waals surface area contributed by atoms with Crippen LogP contribution in [0.15, 0.2) is 77.7 Å². The Balaban J connectivity index is 1.90. The SMILES string of the molecule is CCOc1ccccc1N(CC(=O)NC(C)c1ccc(C(C)(C)C)cc1)S(=O)(=O)c1ccc(C)cc1. The van der Waals surface area contributed by atoms with Gasteiger partial charge in [0, 0.05) is 0 Å². The fraction of sp³-hybridized carbons (Fsp3) is 0.345. The molecular weight excluding hydrogens is 472 g/mol. The first-order valence-electron chi connectivity index (χ1n) is 12.1. The molecule has 0 saturated carbocycles. The van der Waals surface area contributed by atoms with Gasteiger partial charge < -0.3 is 10.1 Å². The van der Waals surface area contributed by atoms with E-state index >= 15 is 0 Å². The van der Waals surface area contributed by atoms with Gasteiger partial charge in [0.25, 0.3) is 10.0 Å². The maximum atomic E-state index is 13.7. The summed E-state index contributed by atoms with van der Waals surface area (Å²) >= 11 is 0. The van der Waals surface area contributed by atoms with Crippen molar-refractivity contribution in [2.24, 2.45) is 0 Å². The zero-order valence-electron chi connectivity index (χ0n) is 21.9. The van der Waals surface area contributed by atoms with E-state index in [-0.39, 0.29) is 22.9 Å². The summed E-state index contributed by atoms with van der Waals surface area (Å²) in [5.41, 5.74) is 3.44. The summed E-state index contributed by atoms with van der Waals surface area (Å²) in [5.74, 6) is -0.0151. The quantitative estimate of drug-likeness (QED) is 0.398. The lowest BCUT2D eigenvalue weighted by molar-refractivity contribution is -0.120. The Kier molecular flexibility index (Phi) is 8.46. The molecular formula is C29H36N2O4S. The molecule has 3 aromatic rings. The van der Waals surface area contributed by atoms with E-state index in [1.807, 2.05) is 32.9 Å². The molecule has 0 aromatic heterocycles. The highest BCUT2D eigenvalue weighted by Crippen LogP contribution is 2.32. The minimum absolute atomic E-state index is 0.0316. The molecule has 192 valence electrons. The third-order valence-corrected chi connectivity index (χ3v) is 7.76. The summed E-state index contributed by atoms with van der Waals surface area (Å²) in [7, 11) is -4.04. The molecule has 1 amide bonds. The highest BCUT2D eigenvalue weighted by molar-refractivity contribution is 7.92. The summed E-state index contributed by atoms with van der Waals surface area (Å²) in [6.45, 7) is 12.0. The molecule has 0 radical (unpaired) electrons. The minimum Gasteiger partial charge on any atom is -0.492 e. The normalized spacial score (nSPS) is 12.6. The van der Waals surface area contributed by atoms with E-state index < -0.39 is 15.9 Å². The van der Waals surface area contributed by atoms with Crippen molar-refractivity contribution in [3.63, 3.8) is 0 Å². The Morgan fingerprint density at radius 2 is 1.58 bits per heavy atom. The average molecular weight is 509 g/mol. The number of nitrogens with zero attached hydrogens (tertiary/aromatic N) is 1. The largest absolute Gasteiger partial charge is 0.492 e. The number of hydrogen-bond acceptors (Lipinski definition) is 4. The van der Waals surface area contributed by atoms with Gasteiger partial charge in [-0.3, -0.25) is 9.10 Å². The van der Waals surface area contributed by atoms with Crippen LogP contribution in [-0.2, 0) is 20.2 Å². The topological polar surface area (TPSA) is 75.7 Å². The first-order chi connectivity index (χ1) is 16.9. The van der Waals surface area contributed by atoms with Crippen LogP contribution in [0.3, 0.4) is 0 Å². The lowest BCUT2D eigenvalue weighted by atomic mass is 9.86. The number of para-hydroxylation sites is 2. The standard InChI is InChI=1S/C29H36N2O4S/c1-7-35-27-11-9-8-10-26(27)31(36(33,34)25-18-12-21(2)13-19-25)20-28(32)30-22(3)23-14-16-24(17-15-23)29(4,5)6/h8-19,22H,7,20H2,1-6H3,(H,30,32). The van der Waals surface area contributed by atoms with Gasteiger partial charge in [0.2, 0.25) is 5.91 Å². The Morgan fingerprint density at radius 3 is 2.17 bits per heavy atom. The second kappa shape index (κ2) is 11.2. The third-order valence-electron chi connectivity index (χ3n) is 5.98. The molecule has 3 rings (SSSR count). The molecule has 0 fully saturated rings. The van der Waals surface area contributed by atoms with Crippen LogP contribution in [0.5, 0.6) is 5.75 Å². The lowest BCUT2D eigenvalue weighted by Crippen LogP contribution is -2.41. The van der Waals surface area contributed by atoms with Gasteiger partial charge in [0.1, 0.15) is 12.3 Å². The predicted molar refractivity (Wildman–Crippen MR) is 145 cm³/mol. The summed E-state index contributed by atoms with van der Waals surface area (Å²) in [4.78, 5) is 13.3. The van der Waals surface area contributed by atoms with Gasteiger partial charge in [0.05, 0.1) is 23.2 Å². The van der Waals surface area contributed by atoms with Gasteiger partial charge in [-0.15, -0.1) is 0 Å². The van der Waals surface area contributed by atoms with Gasteiger partial charge in [0.15, 0.2) is 0 Å². The van der Waals surface area contributed by atoms with Crippen LogP contribution in [0.1, 0.15) is 57.4 Å². The number of ether oxygens (including phenoxy) is 1. The van der Waals surface area contributed by atoms with Crippen LogP contribution in [0, 0.1) is 6.92 Å². The predicted octanol–water partition coefficient (Wildman–Crippen LogP) is 5.76. The summed E-state index contributed by atoms with van der Waals surface area (Å²) < 4.78 is 34.2. The third kappa shape index (κ3) is 6.46. The molecule has 6 nitrogen and oxygen atoms in total. The van der Waals surface area contributed by atoms with Crippen LogP contribution in [0.2, 0.25) is 0 Å². The summed E-state index contributed by atoms with van der Waals surface area (Å²) in [6.07, 6.45) is 0. The highest BCUT2D eigenvalue weighted by Gasteiger charge is 2.30. The minimum atomic E-state index is -4.04. The highest BCUT2D eigenvalue weighted by atomic mass is 32.2. The molecule has 1 atom stereocenters. The summed E-state index contributed by atoms with van der Waals surface area (Å²) in [5, 5.41) is 2.95. The Labute approximate surface area is 215 Å². The van der Waals surface area contributed by atoms with E-state index in [9.17, 15) is 13.2 Å². The lowest BCUT2D eigenvalue weighted by Gasteiger charge is -2.27. The van der Waals surface area contributed by atoms with Gasteiger partial charge >= 0.3 is 0 Å². The molecule has 0 saturated heterocycles. The number of anilines is 1. The average Bonchev–Trinajstić information content (AvgIpc) is 2.83. The molecule has 7 heteroatoms. The number of rotatable bonds is 9. The fourth-order valence-electron chi connectivity index (χ4n) is 3.85. The molecule has 1 unspecified atom stereocenters. The molecule has 1 N–H and O–H groups in total. The zero-order valence-corrected chi connectivity index (χ0v) is 22.7. The number of amides is 1. The van der Waals surface area contributed by atoms with E-state index in [0.717, 1.165) is 15.4 Å². The van der Waals surface area contributed by atoms with Crippen molar-refractivity contribution in [1.82, 2.24) is 5.32 Å². The van der Waals surface area contributed by atoms with Crippen LogP contribution >= 0.6 is 0 Å². The number of carbonyl (C=O) groups excluding carboxylic acids is 1. The van der Waals surface area contributed by atoms with E-state index in [4.69, 9.17) is 4.74 Å². The molecule has 36 heavy (non-hydrogen) atoms. The van der Waals surface area contributed by atoms with Gasteiger partial charge in [-0.25, -0.2) is 8.42 Å². The van der Waals surface area contributed by atoms with Crippen LogP contribution in [-0.4, -0.2) is 27.5 Å². The van der Waals surface area contributed by atoms with E-state index in [1.54, 1.807) is 48.5 Å². The second-order valence-corrected chi connectivity index (χ2v) is 11.7. The molecule has 0 aliphatic heterocycles. The Morgan fingerprint density at radius 1 is 0.972 bits per heavy atom. The Hall–Kier alpha value is -3.32. The van der Waals surface area contributed by atoms with Crippen molar-refractivity contribution in [2.75, 3.05) is 17.5 Å². The van der Waals surface area contributed by atoms with E-state index in [2.05, 4.69) is 38.2 Å². The van der Waals surface area contributed by atoms with E-state index in [0.29, 0.717) is 18.0 Å². The van der Waals surface area contributed by atoms with Crippen LogP contribution < -0.4 is 14.4 Å². The molecule has 0 aliphatic carbocycles. The second-order valence-electron chi connectivity index (χ2n) is 9.89. The number of sulfonamides is 1. The van der Waals surface area contributed by atoms with Crippen LogP contribution in [0.4, 0.5) is 5.69 Å². The van der Waals surface area contributed by atoms with Crippen molar-refractivity contribution in [2.45, 2.75) is 57.9 Å². The van der Waals surface area contributed by atoms with Gasteiger partial charge in [-0.05, 0) is 61.6 Å². The van der Waals surface area contributed by atoms with Crippen molar-refractivity contribution in [3.05, 3.63) is 89.5 Å². The summed E-state index contributed by atoms with van der Waals surface area (Å²) in [6, 6.07) is 21.3. The maximum Gasteiger partial charge on any atom is 0.264 e. The number of benzene rings is 3. The van der Waals surface area contributed by atoms with Gasteiger partial charge in [-0.1, -0.05) is 74.9 Å². The molecule has 0 heterocycles. The maximum absolute atomic E-state index is 13.7. The first-order valence-corrected chi connectivity index (χ1v) is 13.6. The first kappa shape index (κ1) is 27.3. The van der Waals surface area contributed by atoms with Crippen LogP contribution in [0.25, 0.3) is 0 Å². The van der Waals surface area contributed by atoms with Crippen molar-refractivity contribution >= 4 is 21.6 Å². The fourth-order valence-corrected chi connectivity index (χ4v) is 5.28. The Bertz CT molecular complexity index is 1280. The number of carbonyl (C=O) groups is 1. The number of hydrogen-bond donors (Lipinski definition) is 1. The van der Waals surface area contributed by atoms with Crippen molar-refractivity contribution in [1.29, 1.82) is 0 Å². The number of aryl methyl sites for hydroxylation is 1. The molecule has 0 aliphatic rings. The van der Waals surface area contributed by atoms with Gasteiger partial charge in [-0.2, -0.15) is 0 Å². The van der Waals surface area contributed by atoms with E-state index in [1.165, 1.54) is 5.56 Å². The van der Waals surface area contributed by atoms with Crippen molar-refractivity contribution < 1.29 is 17.9 Å². The van der Waals surface area contributed by atoms with Crippen molar-refractivity contribution in [3.8, 4) is 5.75 Å². The molecule has 3 aromatic carbocycles. The monoisotopic (exact) mass is 508 g/mol. The number of nitrogens with one attached hydrogen (secondary N) is 1.